The van der Waals surface area contributed by atoms with Crippen molar-refractivity contribution < 1.29 is 4.39 Å². The molecule has 0 spiro atoms. The van der Waals surface area contributed by atoms with Gasteiger partial charge in [0.2, 0.25) is 0 Å². The summed E-state index contributed by atoms with van der Waals surface area (Å²) < 4.78 is 12.6. The highest BCUT2D eigenvalue weighted by Crippen LogP contribution is 2.08. The minimum Gasteiger partial charge on any atom is -0.382 e. The van der Waals surface area contributed by atoms with Crippen LogP contribution in [0.5, 0.6) is 0 Å². The first-order valence-corrected chi connectivity index (χ1v) is 4.56. The highest BCUT2D eigenvalue weighted by molar-refractivity contribution is 5.28. The van der Waals surface area contributed by atoms with Gasteiger partial charge in [-0.15, -0.1) is 5.10 Å². The van der Waals surface area contributed by atoms with Crippen molar-refractivity contribution in [3.05, 3.63) is 53.5 Å². The van der Waals surface area contributed by atoms with E-state index in [1.807, 2.05) is 6.07 Å². The lowest BCUT2D eigenvalue weighted by molar-refractivity contribution is 0.627. The Hall–Kier alpha value is -1.97. The summed E-state index contributed by atoms with van der Waals surface area (Å²) in [4.78, 5) is 0. The minimum absolute atomic E-state index is 0.234. The lowest BCUT2D eigenvalue weighted by Crippen LogP contribution is -1.97. The van der Waals surface area contributed by atoms with E-state index < -0.39 is 0 Å². The maximum atomic E-state index is 12.6. The summed E-state index contributed by atoms with van der Waals surface area (Å²) in [6, 6.07) is 9.83. The zero-order chi connectivity index (χ0) is 10.7. The molecule has 2 aromatic rings. The quantitative estimate of drug-likeness (QED) is 0.809. The molecular weight excluding hydrogens is 193 g/mol. The number of nitrogen functional groups attached to an aromatic ring is 1. The molecule has 0 radical (unpaired) electrons. The third-order valence-electron chi connectivity index (χ3n) is 2.04. The van der Waals surface area contributed by atoms with Crippen LogP contribution in [0.25, 0.3) is 0 Å². The third-order valence-corrected chi connectivity index (χ3v) is 2.04. The zero-order valence-corrected chi connectivity index (χ0v) is 8.02. The van der Waals surface area contributed by atoms with Crippen LogP contribution in [-0.2, 0) is 6.42 Å². The number of hydrogen-bond acceptors (Lipinski definition) is 3. The van der Waals surface area contributed by atoms with E-state index in [1.54, 1.807) is 18.2 Å². The van der Waals surface area contributed by atoms with Gasteiger partial charge in [-0.05, 0) is 29.8 Å². The molecule has 2 N–H and O–H groups in total. The predicted octanol–water partition coefficient (Wildman–Crippen LogP) is 1.79. The first-order chi connectivity index (χ1) is 7.24. The van der Waals surface area contributed by atoms with Crippen molar-refractivity contribution in [2.45, 2.75) is 6.42 Å². The number of hydrogen-bond donors (Lipinski definition) is 1. The van der Waals surface area contributed by atoms with Crippen LogP contribution in [0.2, 0.25) is 0 Å². The summed E-state index contributed by atoms with van der Waals surface area (Å²) in [5, 5.41) is 7.67. The molecule has 0 saturated carbocycles. The number of halogens is 1. The molecule has 2 rings (SSSR count). The predicted molar refractivity (Wildman–Crippen MR) is 55.7 cm³/mol. The number of benzene rings is 1. The van der Waals surface area contributed by atoms with Gasteiger partial charge in [0, 0.05) is 6.42 Å². The maximum Gasteiger partial charge on any atom is 0.146 e. The van der Waals surface area contributed by atoms with Crippen LogP contribution in [0, 0.1) is 5.82 Å². The Bertz CT molecular complexity index is 393. The van der Waals surface area contributed by atoms with Gasteiger partial charge in [0.05, 0.1) is 5.69 Å². The highest BCUT2D eigenvalue weighted by atomic mass is 19.1. The molecule has 1 heterocycles. The Labute approximate surface area is 86.8 Å². The average molecular weight is 203 g/mol. The number of rotatable bonds is 2. The van der Waals surface area contributed by atoms with Crippen LogP contribution in [0.4, 0.5) is 10.2 Å². The molecule has 1 aromatic carbocycles. The highest BCUT2D eigenvalue weighted by Gasteiger charge is 1.98. The molecule has 0 aliphatic heterocycles. The van der Waals surface area contributed by atoms with E-state index >= 15 is 0 Å². The van der Waals surface area contributed by atoms with E-state index in [0.717, 1.165) is 11.3 Å². The summed E-state index contributed by atoms with van der Waals surface area (Å²) in [6.45, 7) is 0. The fraction of sp³-hybridized carbons (Fsp3) is 0.0909. The van der Waals surface area contributed by atoms with E-state index in [1.165, 1.54) is 12.1 Å². The molecule has 0 atom stereocenters. The SMILES string of the molecule is Nc1ccc(Cc2ccc(F)cc2)nn1. The molecule has 0 fully saturated rings. The van der Waals surface area contributed by atoms with Crippen LogP contribution in [0.1, 0.15) is 11.3 Å². The lowest BCUT2D eigenvalue weighted by atomic mass is 10.1. The largest absolute Gasteiger partial charge is 0.382 e. The van der Waals surface area contributed by atoms with Crippen LogP contribution in [0.3, 0.4) is 0 Å². The van der Waals surface area contributed by atoms with E-state index in [0.29, 0.717) is 12.2 Å². The summed E-state index contributed by atoms with van der Waals surface area (Å²) in [6.07, 6.45) is 0.633. The van der Waals surface area contributed by atoms with Gasteiger partial charge >= 0.3 is 0 Å². The normalized spacial score (nSPS) is 10.2. The number of nitrogens with zero attached hydrogens (tertiary/aromatic N) is 2. The molecule has 76 valence electrons. The number of aromatic nitrogens is 2. The van der Waals surface area contributed by atoms with Crippen molar-refractivity contribution in [2.24, 2.45) is 0 Å². The Kier molecular flexibility index (Phi) is 2.58. The van der Waals surface area contributed by atoms with Crippen molar-refractivity contribution in [1.29, 1.82) is 0 Å². The Morgan fingerprint density at radius 2 is 1.73 bits per heavy atom. The molecule has 0 saturated heterocycles. The molecule has 0 unspecified atom stereocenters. The van der Waals surface area contributed by atoms with E-state index in [4.69, 9.17) is 5.73 Å². The van der Waals surface area contributed by atoms with Crippen LogP contribution >= 0.6 is 0 Å². The van der Waals surface area contributed by atoms with Crippen molar-refractivity contribution in [3.8, 4) is 0 Å². The molecule has 3 nitrogen and oxygen atoms in total. The molecule has 0 aliphatic carbocycles. The fourth-order valence-electron chi connectivity index (χ4n) is 1.28. The number of nitrogens with two attached hydrogens (primary N) is 1. The second-order valence-corrected chi connectivity index (χ2v) is 3.25. The third kappa shape index (κ3) is 2.49. The summed E-state index contributed by atoms with van der Waals surface area (Å²) in [5.74, 6) is 0.167. The molecule has 1 aromatic heterocycles. The molecule has 0 aliphatic rings. The molecule has 0 amide bonds. The van der Waals surface area contributed by atoms with Crippen molar-refractivity contribution >= 4 is 5.82 Å². The minimum atomic E-state index is -0.234. The van der Waals surface area contributed by atoms with Crippen molar-refractivity contribution in [3.63, 3.8) is 0 Å². The molecular formula is C11H10FN3. The summed E-state index contributed by atoms with van der Waals surface area (Å²) >= 11 is 0. The summed E-state index contributed by atoms with van der Waals surface area (Å²) in [7, 11) is 0. The van der Waals surface area contributed by atoms with Gasteiger partial charge in [0.15, 0.2) is 0 Å². The average Bonchev–Trinajstić information content (AvgIpc) is 2.25. The standard InChI is InChI=1S/C11H10FN3/c12-9-3-1-8(2-4-9)7-10-5-6-11(13)15-14-10/h1-6H,7H2,(H2,13,15). The van der Waals surface area contributed by atoms with E-state index in [9.17, 15) is 4.39 Å². The second kappa shape index (κ2) is 4.04. The second-order valence-electron chi connectivity index (χ2n) is 3.25. The fourth-order valence-corrected chi connectivity index (χ4v) is 1.28. The van der Waals surface area contributed by atoms with Crippen LogP contribution in [0.15, 0.2) is 36.4 Å². The smallest absolute Gasteiger partial charge is 0.146 e. The van der Waals surface area contributed by atoms with Gasteiger partial charge in [-0.2, -0.15) is 5.10 Å². The van der Waals surface area contributed by atoms with Gasteiger partial charge in [0.1, 0.15) is 11.6 Å². The zero-order valence-electron chi connectivity index (χ0n) is 8.02. The molecule has 0 bridgehead atoms. The Morgan fingerprint density at radius 1 is 1.00 bits per heavy atom. The lowest BCUT2D eigenvalue weighted by Gasteiger charge is -2.00. The van der Waals surface area contributed by atoms with Gasteiger partial charge < -0.3 is 5.73 Å². The van der Waals surface area contributed by atoms with Gasteiger partial charge in [-0.3, -0.25) is 0 Å². The van der Waals surface area contributed by atoms with E-state index in [-0.39, 0.29) is 5.82 Å². The van der Waals surface area contributed by atoms with Crippen molar-refractivity contribution in [1.82, 2.24) is 10.2 Å². The van der Waals surface area contributed by atoms with Gasteiger partial charge in [-0.1, -0.05) is 12.1 Å². The van der Waals surface area contributed by atoms with Gasteiger partial charge in [0.25, 0.3) is 0 Å². The van der Waals surface area contributed by atoms with Gasteiger partial charge in [-0.25, -0.2) is 4.39 Å². The first-order valence-electron chi connectivity index (χ1n) is 4.56. The summed E-state index contributed by atoms with van der Waals surface area (Å²) in [5.41, 5.74) is 7.23. The van der Waals surface area contributed by atoms with Crippen LogP contribution < -0.4 is 5.73 Å². The van der Waals surface area contributed by atoms with Crippen molar-refractivity contribution in [2.75, 3.05) is 5.73 Å². The topological polar surface area (TPSA) is 51.8 Å². The number of anilines is 1. The monoisotopic (exact) mass is 203 g/mol. The Balaban J connectivity index is 2.15. The first kappa shape index (κ1) is 9.58. The molecule has 15 heavy (non-hydrogen) atoms. The maximum absolute atomic E-state index is 12.6. The van der Waals surface area contributed by atoms with Crippen LogP contribution in [-0.4, -0.2) is 10.2 Å². The molecule has 4 heteroatoms. The van der Waals surface area contributed by atoms with E-state index in [2.05, 4.69) is 10.2 Å². The Morgan fingerprint density at radius 3 is 2.33 bits per heavy atom.